The van der Waals surface area contributed by atoms with E-state index < -0.39 is 0 Å². The first-order valence-electron chi connectivity index (χ1n) is 5.12. The number of nitrogens with one attached hydrogen (secondary N) is 1. The number of aromatic nitrogens is 1. The van der Waals surface area contributed by atoms with Crippen LogP contribution in [-0.2, 0) is 0 Å². The van der Waals surface area contributed by atoms with Gasteiger partial charge >= 0.3 is 0 Å². The van der Waals surface area contributed by atoms with E-state index in [-0.39, 0.29) is 0 Å². The van der Waals surface area contributed by atoms with Crippen LogP contribution in [0, 0.1) is 0 Å². The summed E-state index contributed by atoms with van der Waals surface area (Å²) in [5.74, 6) is 0.799. The van der Waals surface area contributed by atoms with Crippen LogP contribution in [0.25, 0.3) is 0 Å². The quantitative estimate of drug-likeness (QED) is 0.713. The van der Waals surface area contributed by atoms with Crippen molar-refractivity contribution in [3.63, 3.8) is 0 Å². The van der Waals surface area contributed by atoms with E-state index in [1.165, 1.54) is 0 Å². The summed E-state index contributed by atoms with van der Waals surface area (Å²) in [6.45, 7) is 2.04. The van der Waals surface area contributed by atoms with Crippen LogP contribution >= 0.6 is 0 Å². The molecule has 0 aliphatic heterocycles. The molecular weight excluding hydrogens is 190 g/mol. The Labute approximate surface area is 91.3 Å². The smallest absolute Gasteiger partial charge is 0.139 e. The second-order valence-corrected chi connectivity index (χ2v) is 3.46. The molecule has 0 aromatic carbocycles. The Morgan fingerprint density at radius 1 is 1.47 bits per heavy atom. The van der Waals surface area contributed by atoms with Gasteiger partial charge in [0.2, 0.25) is 0 Å². The summed E-state index contributed by atoms with van der Waals surface area (Å²) >= 11 is 0. The molecule has 1 aromatic rings. The van der Waals surface area contributed by atoms with Gasteiger partial charge in [-0.3, -0.25) is 4.98 Å². The van der Waals surface area contributed by atoms with Crippen LogP contribution in [0.4, 0.5) is 5.69 Å². The summed E-state index contributed by atoms with van der Waals surface area (Å²) in [7, 11) is 5.68. The molecule has 0 atom stereocenters. The van der Waals surface area contributed by atoms with Gasteiger partial charge in [-0.1, -0.05) is 0 Å². The third-order valence-corrected chi connectivity index (χ3v) is 2.30. The molecule has 1 heterocycles. The molecule has 1 rings (SSSR count). The molecule has 0 fully saturated rings. The van der Waals surface area contributed by atoms with E-state index in [2.05, 4.69) is 22.2 Å². The van der Waals surface area contributed by atoms with Gasteiger partial charge in [-0.25, -0.2) is 0 Å². The largest absolute Gasteiger partial charge is 0.495 e. The first kappa shape index (κ1) is 11.8. The second-order valence-electron chi connectivity index (χ2n) is 3.46. The van der Waals surface area contributed by atoms with E-state index in [0.717, 1.165) is 30.9 Å². The maximum absolute atomic E-state index is 5.13. The van der Waals surface area contributed by atoms with Crippen molar-refractivity contribution in [2.75, 3.05) is 39.2 Å². The summed E-state index contributed by atoms with van der Waals surface area (Å²) < 4.78 is 5.13. The minimum atomic E-state index is 0.799. The highest BCUT2D eigenvalue weighted by Crippen LogP contribution is 2.17. The Kier molecular flexibility index (Phi) is 4.90. The van der Waals surface area contributed by atoms with Crippen LogP contribution in [0.2, 0.25) is 0 Å². The molecule has 1 N–H and O–H groups in total. The highest BCUT2D eigenvalue weighted by atomic mass is 16.5. The van der Waals surface area contributed by atoms with Crippen molar-refractivity contribution >= 4 is 5.69 Å². The molecule has 0 bridgehead atoms. The van der Waals surface area contributed by atoms with Crippen LogP contribution in [0.3, 0.4) is 0 Å². The first-order chi connectivity index (χ1) is 7.27. The summed E-state index contributed by atoms with van der Waals surface area (Å²) in [5.41, 5.74) is 1.09. The maximum atomic E-state index is 5.13. The van der Waals surface area contributed by atoms with Gasteiger partial charge in [0.05, 0.1) is 25.2 Å². The van der Waals surface area contributed by atoms with Gasteiger partial charge in [0, 0.05) is 19.7 Å². The number of pyridine rings is 1. The number of rotatable bonds is 6. The molecule has 0 saturated carbocycles. The Morgan fingerprint density at radius 3 is 2.93 bits per heavy atom. The number of ether oxygens (including phenoxy) is 1. The number of nitrogens with zero attached hydrogens (tertiary/aromatic N) is 2. The van der Waals surface area contributed by atoms with E-state index in [9.17, 15) is 0 Å². The van der Waals surface area contributed by atoms with Crippen LogP contribution < -0.4 is 15.0 Å². The van der Waals surface area contributed by atoms with Gasteiger partial charge in [-0.2, -0.15) is 0 Å². The highest BCUT2D eigenvalue weighted by Gasteiger charge is 2.02. The standard InChI is InChI=1S/C11H19N3O/c1-12-5-4-6-14(2)10-7-11(15-3)9-13-8-10/h7-9,12H,4-6H2,1-3H3. The summed E-state index contributed by atoms with van der Waals surface area (Å²) in [4.78, 5) is 6.30. The molecule has 0 radical (unpaired) electrons. The highest BCUT2D eigenvalue weighted by molar-refractivity contribution is 5.47. The van der Waals surface area contributed by atoms with E-state index in [0.29, 0.717) is 0 Å². The zero-order valence-electron chi connectivity index (χ0n) is 9.66. The minimum Gasteiger partial charge on any atom is -0.495 e. The third-order valence-electron chi connectivity index (χ3n) is 2.30. The van der Waals surface area contributed by atoms with Crippen LogP contribution in [0.5, 0.6) is 5.75 Å². The monoisotopic (exact) mass is 209 g/mol. The average molecular weight is 209 g/mol. The van der Waals surface area contributed by atoms with Crippen LogP contribution in [-0.4, -0.2) is 39.3 Å². The zero-order chi connectivity index (χ0) is 11.1. The second kappa shape index (κ2) is 6.24. The topological polar surface area (TPSA) is 37.4 Å². The lowest BCUT2D eigenvalue weighted by Gasteiger charge is -2.19. The number of hydrogen-bond donors (Lipinski definition) is 1. The summed E-state index contributed by atoms with van der Waals surface area (Å²) in [5, 5.41) is 3.13. The SMILES string of the molecule is CNCCCN(C)c1cncc(OC)c1. The van der Waals surface area contributed by atoms with Crippen molar-refractivity contribution < 1.29 is 4.74 Å². The first-order valence-corrected chi connectivity index (χ1v) is 5.12. The van der Waals surface area contributed by atoms with Gasteiger partial charge in [-0.05, 0) is 20.0 Å². The Hall–Kier alpha value is -1.29. The van der Waals surface area contributed by atoms with Crippen molar-refractivity contribution in [2.45, 2.75) is 6.42 Å². The van der Waals surface area contributed by atoms with Gasteiger partial charge in [0.15, 0.2) is 0 Å². The third kappa shape index (κ3) is 3.75. The summed E-state index contributed by atoms with van der Waals surface area (Å²) in [6.07, 6.45) is 4.68. The van der Waals surface area contributed by atoms with Crippen molar-refractivity contribution in [3.8, 4) is 5.75 Å². The van der Waals surface area contributed by atoms with Crippen molar-refractivity contribution in [1.82, 2.24) is 10.3 Å². The minimum absolute atomic E-state index is 0.799. The lowest BCUT2D eigenvalue weighted by molar-refractivity contribution is 0.413. The zero-order valence-corrected chi connectivity index (χ0v) is 9.66. The number of methoxy groups -OCH3 is 1. The average Bonchev–Trinajstić information content (AvgIpc) is 2.29. The molecule has 15 heavy (non-hydrogen) atoms. The van der Waals surface area contributed by atoms with Crippen molar-refractivity contribution in [1.29, 1.82) is 0 Å². The lowest BCUT2D eigenvalue weighted by Crippen LogP contribution is -2.22. The number of hydrogen-bond acceptors (Lipinski definition) is 4. The Bertz CT molecular complexity index is 291. The van der Waals surface area contributed by atoms with Gasteiger partial charge in [0.25, 0.3) is 0 Å². The molecule has 4 nitrogen and oxygen atoms in total. The molecule has 1 aromatic heterocycles. The fourth-order valence-electron chi connectivity index (χ4n) is 1.35. The molecule has 0 spiro atoms. The van der Waals surface area contributed by atoms with E-state index in [4.69, 9.17) is 4.74 Å². The maximum Gasteiger partial charge on any atom is 0.139 e. The van der Waals surface area contributed by atoms with Gasteiger partial charge in [0.1, 0.15) is 5.75 Å². The summed E-state index contributed by atoms with van der Waals surface area (Å²) in [6, 6.07) is 1.99. The Morgan fingerprint density at radius 2 is 2.27 bits per heavy atom. The van der Waals surface area contributed by atoms with Crippen molar-refractivity contribution in [2.24, 2.45) is 0 Å². The molecule has 4 heteroatoms. The predicted molar refractivity (Wildman–Crippen MR) is 62.6 cm³/mol. The molecular formula is C11H19N3O. The Balaban J connectivity index is 2.52. The molecule has 84 valence electrons. The predicted octanol–water partition coefficient (Wildman–Crippen LogP) is 1.14. The van der Waals surface area contributed by atoms with E-state index in [1.807, 2.05) is 19.3 Å². The van der Waals surface area contributed by atoms with Gasteiger partial charge in [-0.15, -0.1) is 0 Å². The fourth-order valence-corrected chi connectivity index (χ4v) is 1.35. The van der Waals surface area contributed by atoms with Gasteiger partial charge < -0.3 is 15.0 Å². The number of anilines is 1. The van der Waals surface area contributed by atoms with E-state index >= 15 is 0 Å². The lowest BCUT2D eigenvalue weighted by atomic mass is 10.3. The molecule has 0 aliphatic carbocycles. The van der Waals surface area contributed by atoms with Crippen molar-refractivity contribution in [3.05, 3.63) is 18.5 Å². The molecule has 0 unspecified atom stereocenters. The van der Waals surface area contributed by atoms with Crippen LogP contribution in [0.15, 0.2) is 18.5 Å². The normalized spacial score (nSPS) is 10.1. The fraction of sp³-hybridized carbons (Fsp3) is 0.545. The molecule has 0 amide bonds. The van der Waals surface area contributed by atoms with Crippen LogP contribution in [0.1, 0.15) is 6.42 Å². The van der Waals surface area contributed by atoms with E-state index in [1.54, 1.807) is 13.3 Å². The molecule has 0 aliphatic rings. The molecule has 0 saturated heterocycles.